The van der Waals surface area contributed by atoms with E-state index in [1.54, 1.807) is 0 Å². The predicted molar refractivity (Wildman–Crippen MR) is 76.4 cm³/mol. The van der Waals surface area contributed by atoms with Crippen LogP contribution in [-0.2, 0) is 4.74 Å². The number of methoxy groups -OCH3 is 1. The van der Waals surface area contributed by atoms with Crippen LogP contribution in [0.4, 0.5) is 10.2 Å². The van der Waals surface area contributed by atoms with Crippen LogP contribution in [0.1, 0.15) is 12.7 Å². The molecule has 122 valence electrons. The minimum absolute atomic E-state index is 0.0225. The maximum Gasteiger partial charge on any atom is 0.207 e. The van der Waals surface area contributed by atoms with Crippen molar-refractivity contribution in [2.75, 3.05) is 26.0 Å². The van der Waals surface area contributed by atoms with E-state index >= 15 is 0 Å². The maximum atomic E-state index is 14.8. The molecule has 2 heterocycles. The summed E-state index contributed by atoms with van der Waals surface area (Å²) in [5.74, 6) is 0.109. The number of aliphatic hydroxyl groups excluding tert-OH is 2. The highest BCUT2D eigenvalue weighted by Gasteiger charge is 2.43. The van der Waals surface area contributed by atoms with Crippen molar-refractivity contribution in [1.29, 1.82) is 0 Å². The SMILES string of the molecule is CO[C@](CN)(CCO)[C@@H](O)[C@@H](F)n1cnc2c(N)ncnc21. The number of rotatable bonds is 7. The van der Waals surface area contributed by atoms with Crippen LogP contribution in [0.15, 0.2) is 12.7 Å². The van der Waals surface area contributed by atoms with Crippen LogP contribution in [0.25, 0.3) is 11.2 Å². The first-order chi connectivity index (χ1) is 10.5. The van der Waals surface area contributed by atoms with Crippen molar-refractivity contribution in [2.24, 2.45) is 5.73 Å². The van der Waals surface area contributed by atoms with Gasteiger partial charge < -0.3 is 26.4 Å². The van der Waals surface area contributed by atoms with Crippen LogP contribution in [-0.4, -0.2) is 61.7 Å². The highest BCUT2D eigenvalue weighted by atomic mass is 19.1. The lowest BCUT2D eigenvalue weighted by Crippen LogP contribution is -2.53. The first-order valence-corrected chi connectivity index (χ1v) is 6.62. The maximum absolute atomic E-state index is 14.8. The van der Waals surface area contributed by atoms with Gasteiger partial charge in [-0.15, -0.1) is 0 Å². The number of nitrogen functional groups attached to an aromatic ring is 1. The van der Waals surface area contributed by atoms with E-state index in [9.17, 15) is 9.50 Å². The van der Waals surface area contributed by atoms with Crippen LogP contribution >= 0.6 is 0 Å². The molecule has 0 fully saturated rings. The zero-order valence-corrected chi connectivity index (χ0v) is 12.1. The minimum atomic E-state index is -1.94. The number of imidazole rings is 1. The fourth-order valence-electron chi connectivity index (χ4n) is 2.32. The molecule has 0 radical (unpaired) electrons. The third kappa shape index (κ3) is 2.61. The number of halogens is 1. The number of aliphatic hydroxyl groups is 2. The van der Waals surface area contributed by atoms with Crippen molar-refractivity contribution in [3.8, 4) is 0 Å². The summed E-state index contributed by atoms with van der Waals surface area (Å²) < 4.78 is 21.0. The van der Waals surface area contributed by atoms with Gasteiger partial charge in [-0.1, -0.05) is 0 Å². The van der Waals surface area contributed by atoms with Crippen LogP contribution < -0.4 is 11.5 Å². The van der Waals surface area contributed by atoms with Gasteiger partial charge in [-0.05, 0) is 0 Å². The highest BCUT2D eigenvalue weighted by Crippen LogP contribution is 2.30. The minimum Gasteiger partial charge on any atom is -0.396 e. The average molecular weight is 314 g/mol. The van der Waals surface area contributed by atoms with E-state index in [0.29, 0.717) is 0 Å². The Hall–Kier alpha value is -1.88. The third-order valence-electron chi connectivity index (χ3n) is 3.74. The molecule has 0 bridgehead atoms. The van der Waals surface area contributed by atoms with Gasteiger partial charge in [0.05, 0.1) is 6.33 Å². The van der Waals surface area contributed by atoms with Gasteiger partial charge in [0.2, 0.25) is 6.30 Å². The van der Waals surface area contributed by atoms with Gasteiger partial charge in [0.1, 0.15) is 23.5 Å². The van der Waals surface area contributed by atoms with Gasteiger partial charge in [-0.25, -0.2) is 19.3 Å². The standard InChI is InChI=1S/C12H19FN6O3/c1-22-12(4-14,2-3-20)8(21)9(13)19-6-18-7-10(15)16-5-17-11(7)19/h5-6,8-9,20-21H,2-4,14H2,1H3,(H2,15,16,17)/t8-,9-,12-/m0/s1. The molecule has 9 nitrogen and oxygen atoms in total. The Morgan fingerprint density at radius 1 is 1.45 bits per heavy atom. The molecular formula is C12H19FN6O3. The van der Waals surface area contributed by atoms with Crippen molar-refractivity contribution in [3.63, 3.8) is 0 Å². The molecule has 22 heavy (non-hydrogen) atoms. The van der Waals surface area contributed by atoms with E-state index < -0.39 is 18.0 Å². The quantitative estimate of drug-likeness (QED) is 0.507. The second-order valence-corrected chi connectivity index (χ2v) is 4.85. The van der Waals surface area contributed by atoms with Gasteiger partial charge in [-0.2, -0.15) is 0 Å². The number of alkyl halides is 1. The molecule has 10 heteroatoms. The summed E-state index contributed by atoms with van der Waals surface area (Å²) in [7, 11) is 1.30. The largest absolute Gasteiger partial charge is 0.396 e. The fourth-order valence-corrected chi connectivity index (χ4v) is 2.32. The van der Waals surface area contributed by atoms with E-state index in [1.165, 1.54) is 19.8 Å². The summed E-state index contributed by atoms with van der Waals surface area (Å²) in [5, 5.41) is 19.5. The Morgan fingerprint density at radius 3 is 2.77 bits per heavy atom. The number of aromatic nitrogens is 4. The normalized spacial score (nSPS) is 17.3. The van der Waals surface area contributed by atoms with E-state index in [4.69, 9.17) is 21.3 Å². The zero-order valence-electron chi connectivity index (χ0n) is 12.1. The molecule has 0 spiro atoms. The molecule has 0 aromatic carbocycles. The Balaban J connectivity index is 2.40. The lowest BCUT2D eigenvalue weighted by Gasteiger charge is -2.36. The number of nitrogens with two attached hydrogens (primary N) is 2. The topological polar surface area (TPSA) is 145 Å². The predicted octanol–water partition coefficient (Wildman–Crippen LogP) is -1.04. The van der Waals surface area contributed by atoms with Crippen molar-refractivity contribution >= 4 is 17.0 Å². The molecule has 0 amide bonds. The van der Waals surface area contributed by atoms with Crippen LogP contribution in [0, 0.1) is 0 Å². The van der Waals surface area contributed by atoms with Crippen molar-refractivity contribution in [2.45, 2.75) is 24.4 Å². The summed E-state index contributed by atoms with van der Waals surface area (Å²) in [5.41, 5.74) is 10.2. The molecule has 2 aromatic heterocycles. The van der Waals surface area contributed by atoms with Crippen molar-refractivity contribution in [1.82, 2.24) is 19.5 Å². The summed E-state index contributed by atoms with van der Waals surface area (Å²) in [6.07, 6.45) is -1.25. The van der Waals surface area contributed by atoms with Gasteiger partial charge in [-0.3, -0.25) is 4.57 Å². The van der Waals surface area contributed by atoms with Crippen LogP contribution in [0.3, 0.4) is 0 Å². The molecule has 2 rings (SSSR count). The van der Waals surface area contributed by atoms with Crippen LogP contribution in [0.2, 0.25) is 0 Å². The Morgan fingerprint density at radius 2 is 2.18 bits per heavy atom. The summed E-state index contributed by atoms with van der Waals surface area (Å²) in [6, 6.07) is 0. The monoisotopic (exact) mass is 314 g/mol. The first kappa shape index (κ1) is 16.5. The summed E-state index contributed by atoms with van der Waals surface area (Å²) in [6.45, 7) is -0.482. The number of hydrogen-bond donors (Lipinski definition) is 4. The molecular weight excluding hydrogens is 295 g/mol. The first-order valence-electron chi connectivity index (χ1n) is 6.62. The molecule has 6 N–H and O–H groups in total. The number of ether oxygens (including phenoxy) is 1. The number of anilines is 1. The molecule has 0 aliphatic carbocycles. The van der Waals surface area contributed by atoms with E-state index in [2.05, 4.69) is 15.0 Å². The average Bonchev–Trinajstić information content (AvgIpc) is 2.97. The highest BCUT2D eigenvalue weighted by molar-refractivity contribution is 5.81. The third-order valence-corrected chi connectivity index (χ3v) is 3.74. The molecule has 2 aromatic rings. The molecule has 0 aliphatic heterocycles. The molecule has 0 saturated heterocycles. The van der Waals surface area contributed by atoms with E-state index in [1.807, 2.05) is 0 Å². The van der Waals surface area contributed by atoms with Crippen molar-refractivity contribution in [3.05, 3.63) is 12.7 Å². The number of nitrogens with zero attached hydrogens (tertiary/aromatic N) is 4. The second kappa shape index (κ2) is 6.48. The number of hydrogen-bond acceptors (Lipinski definition) is 8. The van der Waals surface area contributed by atoms with Crippen molar-refractivity contribution < 1.29 is 19.3 Å². The second-order valence-electron chi connectivity index (χ2n) is 4.85. The Labute approximate surface area is 125 Å². The van der Waals surface area contributed by atoms with Gasteiger partial charge in [0, 0.05) is 26.7 Å². The Bertz CT molecular complexity index is 632. The number of fused-ring (bicyclic) bond motifs is 1. The molecule has 0 unspecified atom stereocenters. The van der Waals surface area contributed by atoms with E-state index in [-0.39, 0.29) is 36.6 Å². The molecule has 0 aliphatic rings. The fraction of sp³-hybridized carbons (Fsp3) is 0.583. The summed E-state index contributed by atoms with van der Waals surface area (Å²) >= 11 is 0. The Kier molecular flexibility index (Phi) is 4.86. The van der Waals surface area contributed by atoms with E-state index in [0.717, 1.165) is 4.57 Å². The molecule has 3 atom stereocenters. The smallest absolute Gasteiger partial charge is 0.207 e. The van der Waals surface area contributed by atoms with Gasteiger partial charge in [0.25, 0.3) is 0 Å². The van der Waals surface area contributed by atoms with Gasteiger partial charge >= 0.3 is 0 Å². The van der Waals surface area contributed by atoms with Gasteiger partial charge in [0.15, 0.2) is 11.5 Å². The van der Waals surface area contributed by atoms with Crippen LogP contribution in [0.5, 0.6) is 0 Å². The lowest BCUT2D eigenvalue weighted by atomic mass is 9.92. The zero-order chi connectivity index (χ0) is 16.3. The molecule has 0 saturated carbocycles. The lowest BCUT2D eigenvalue weighted by molar-refractivity contribution is -0.145. The summed E-state index contributed by atoms with van der Waals surface area (Å²) in [4.78, 5) is 11.6.